The first-order valence-corrected chi connectivity index (χ1v) is 6.65. The van der Waals surface area contributed by atoms with Gasteiger partial charge in [-0.2, -0.15) is 0 Å². The molecule has 0 radical (unpaired) electrons. The summed E-state index contributed by atoms with van der Waals surface area (Å²) in [5.74, 6) is -0.629. The highest BCUT2D eigenvalue weighted by molar-refractivity contribution is 5.86. The van der Waals surface area contributed by atoms with E-state index >= 15 is 0 Å². The van der Waals surface area contributed by atoms with E-state index < -0.39 is 18.0 Å². The smallest absolute Gasteiger partial charge is 0.241 e. The molecule has 5 nitrogen and oxygen atoms in total. The fourth-order valence-electron chi connectivity index (χ4n) is 2.15. The van der Waals surface area contributed by atoms with Crippen molar-refractivity contribution in [2.75, 3.05) is 0 Å². The zero-order chi connectivity index (χ0) is 14.5. The number of amides is 2. The molecule has 2 amide bonds. The molecule has 0 unspecified atom stereocenters. The molecule has 1 aromatic carbocycles. The molecule has 20 heavy (non-hydrogen) atoms. The van der Waals surface area contributed by atoms with Crippen molar-refractivity contribution in [1.29, 1.82) is 0 Å². The zero-order valence-electron chi connectivity index (χ0n) is 11.4. The Bertz CT molecular complexity index is 513. The molecule has 0 aromatic heterocycles. The number of carbonyl (C=O) groups is 2. The standard InChI is InChI=1S/C15H19N3O2/c1-10(14(16)19)17-13-9-5-8-12(18-15(13)20)11-6-3-2-4-7-11/h2-7,9-10,12-13,17H,8H2,1H3,(H2,16,19)(H,18,20)/t10-,12-,13-/m0/s1. The molecule has 0 aliphatic carbocycles. The maximum absolute atomic E-state index is 12.2. The normalized spacial score (nSPS) is 23.8. The van der Waals surface area contributed by atoms with Gasteiger partial charge in [-0.15, -0.1) is 0 Å². The molecule has 4 N–H and O–H groups in total. The van der Waals surface area contributed by atoms with Gasteiger partial charge in [-0.3, -0.25) is 14.9 Å². The van der Waals surface area contributed by atoms with Gasteiger partial charge in [0.05, 0.1) is 12.1 Å². The van der Waals surface area contributed by atoms with Crippen LogP contribution in [0.15, 0.2) is 42.5 Å². The fraction of sp³-hybridized carbons (Fsp3) is 0.333. The van der Waals surface area contributed by atoms with Gasteiger partial charge >= 0.3 is 0 Å². The third-order valence-electron chi connectivity index (χ3n) is 3.36. The molecule has 2 rings (SSSR count). The van der Waals surface area contributed by atoms with Crippen LogP contribution < -0.4 is 16.4 Å². The highest BCUT2D eigenvalue weighted by Gasteiger charge is 2.25. The molecule has 1 aromatic rings. The van der Waals surface area contributed by atoms with Gasteiger partial charge in [0.2, 0.25) is 11.8 Å². The molecule has 0 saturated carbocycles. The summed E-state index contributed by atoms with van der Waals surface area (Å²) < 4.78 is 0. The number of rotatable bonds is 4. The maximum Gasteiger partial charge on any atom is 0.241 e. The van der Waals surface area contributed by atoms with E-state index in [1.165, 1.54) is 0 Å². The first-order chi connectivity index (χ1) is 9.58. The number of primary amides is 1. The van der Waals surface area contributed by atoms with Gasteiger partial charge in [0.15, 0.2) is 0 Å². The maximum atomic E-state index is 12.2. The van der Waals surface area contributed by atoms with Crippen LogP contribution in [0.1, 0.15) is 24.9 Å². The third-order valence-corrected chi connectivity index (χ3v) is 3.36. The van der Waals surface area contributed by atoms with Crippen LogP contribution in [0.25, 0.3) is 0 Å². The van der Waals surface area contributed by atoms with Gasteiger partial charge in [-0.05, 0) is 18.9 Å². The number of nitrogens with two attached hydrogens (primary N) is 1. The van der Waals surface area contributed by atoms with Crippen molar-refractivity contribution in [3.8, 4) is 0 Å². The second-order valence-corrected chi connectivity index (χ2v) is 4.90. The summed E-state index contributed by atoms with van der Waals surface area (Å²) in [7, 11) is 0. The molecule has 1 heterocycles. The second kappa shape index (κ2) is 6.34. The van der Waals surface area contributed by atoms with E-state index in [0.29, 0.717) is 0 Å². The van der Waals surface area contributed by atoms with Crippen LogP contribution in [-0.2, 0) is 9.59 Å². The number of hydrogen-bond acceptors (Lipinski definition) is 3. The Hall–Kier alpha value is -2.14. The quantitative estimate of drug-likeness (QED) is 0.704. The predicted octanol–water partition coefficient (Wildman–Crippen LogP) is 0.636. The van der Waals surface area contributed by atoms with Gasteiger partial charge in [0, 0.05) is 0 Å². The topological polar surface area (TPSA) is 84.2 Å². The minimum absolute atomic E-state index is 0.0457. The predicted molar refractivity (Wildman–Crippen MR) is 76.7 cm³/mol. The molecule has 106 valence electrons. The Morgan fingerprint density at radius 3 is 2.75 bits per heavy atom. The Morgan fingerprint density at radius 1 is 1.40 bits per heavy atom. The number of nitrogens with one attached hydrogen (secondary N) is 2. The van der Waals surface area contributed by atoms with Crippen LogP contribution in [0.4, 0.5) is 0 Å². The SMILES string of the molecule is C[C@H](N[C@H]1C=CC[C@@H](c2ccccc2)NC1=O)C(N)=O. The van der Waals surface area contributed by atoms with Crippen LogP contribution in [0.3, 0.4) is 0 Å². The minimum atomic E-state index is -0.552. The van der Waals surface area contributed by atoms with E-state index in [4.69, 9.17) is 5.73 Å². The van der Waals surface area contributed by atoms with Crippen LogP contribution in [0.5, 0.6) is 0 Å². The average molecular weight is 273 g/mol. The molecular formula is C15H19N3O2. The van der Waals surface area contributed by atoms with Crippen molar-refractivity contribution in [1.82, 2.24) is 10.6 Å². The summed E-state index contributed by atoms with van der Waals surface area (Å²) in [5, 5.41) is 5.88. The first kappa shape index (κ1) is 14.3. The molecule has 5 heteroatoms. The molecule has 3 atom stereocenters. The van der Waals surface area contributed by atoms with Gasteiger partial charge in [0.25, 0.3) is 0 Å². The van der Waals surface area contributed by atoms with Gasteiger partial charge in [-0.1, -0.05) is 42.5 Å². The molecule has 1 aliphatic heterocycles. The fourth-order valence-corrected chi connectivity index (χ4v) is 2.15. The molecule has 0 fully saturated rings. The minimum Gasteiger partial charge on any atom is -0.368 e. The van der Waals surface area contributed by atoms with E-state index in [9.17, 15) is 9.59 Å². The van der Waals surface area contributed by atoms with Gasteiger partial charge in [-0.25, -0.2) is 0 Å². The molecule has 0 bridgehead atoms. The molecule has 1 aliphatic rings. The van der Waals surface area contributed by atoms with Crippen molar-refractivity contribution in [3.63, 3.8) is 0 Å². The molecular weight excluding hydrogens is 254 g/mol. The van der Waals surface area contributed by atoms with Crippen LogP contribution in [0.2, 0.25) is 0 Å². The van der Waals surface area contributed by atoms with E-state index in [-0.39, 0.29) is 11.9 Å². The monoisotopic (exact) mass is 273 g/mol. The van der Waals surface area contributed by atoms with Crippen molar-refractivity contribution < 1.29 is 9.59 Å². The lowest BCUT2D eigenvalue weighted by atomic mass is 10.0. The number of carbonyl (C=O) groups excluding carboxylic acids is 2. The number of hydrogen-bond donors (Lipinski definition) is 3. The highest BCUT2D eigenvalue weighted by Crippen LogP contribution is 2.19. The van der Waals surface area contributed by atoms with Crippen molar-refractivity contribution >= 4 is 11.8 Å². The largest absolute Gasteiger partial charge is 0.368 e. The average Bonchev–Trinajstić information content (AvgIpc) is 2.62. The van der Waals surface area contributed by atoms with Crippen molar-refractivity contribution in [2.45, 2.75) is 31.5 Å². The van der Waals surface area contributed by atoms with E-state index in [2.05, 4.69) is 10.6 Å². The summed E-state index contributed by atoms with van der Waals surface area (Å²) >= 11 is 0. The lowest BCUT2D eigenvalue weighted by molar-refractivity contribution is -0.123. The van der Waals surface area contributed by atoms with Gasteiger partial charge < -0.3 is 11.1 Å². The van der Waals surface area contributed by atoms with E-state index in [1.807, 2.05) is 36.4 Å². The summed E-state index contributed by atoms with van der Waals surface area (Å²) in [5.41, 5.74) is 6.26. The first-order valence-electron chi connectivity index (χ1n) is 6.65. The summed E-state index contributed by atoms with van der Waals surface area (Å²) in [6, 6.07) is 8.67. The number of benzene rings is 1. The Balaban J connectivity index is 2.06. The van der Waals surface area contributed by atoms with Crippen LogP contribution >= 0.6 is 0 Å². The van der Waals surface area contributed by atoms with Gasteiger partial charge in [0.1, 0.15) is 6.04 Å². The summed E-state index contributed by atoms with van der Waals surface area (Å²) in [6.45, 7) is 1.64. The Kier molecular flexibility index (Phi) is 4.53. The van der Waals surface area contributed by atoms with E-state index in [1.54, 1.807) is 13.0 Å². The van der Waals surface area contributed by atoms with Crippen LogP contribution in [0, 0.1) is 0 Å². The van der Waals surface area contributed by atoms with E-state index in [0.717, 1.165) is 12.0 Å². The van der Waals surface area contributed by atoms with Crippen molar-refractivity contribution in [2.24, 2.45) is 5.73 Å². The second-order valence-electron chi connectivity index (χ2n) is 4.90. The van der Waals surface area contributed by atoms with Crippen LogP contribution in [-0.4, -0.2) is 23.9 Å². The van der Waals surface area contributed by atoms with Crippen molar-refractivity contribution in [3.05, 3.63) is 48.0 Å². The summed E-state index contributed by atoms with van der Waals surface area (Å²) in [4.78, 5) is 23.2. The Labute approximate surface area is 118 Å². The lowest BCUT2D eigenvalue weighted by Crippen LogP contribution is -2.50. The zero-order valence-corrected chi connectivity index (χ0v) is 11.4. The lowest BCUT2D eigenvalue weighted by Gasteiger charge is -2.20. The highest BCUT2D eigenvalue weighted by atomic mass is 16.2. The molecule has 0 spiro atoms. The summed E-state index contributed by atoms with van der Waals surface area (Å²) in [6.07, 6.45) is 4.44. The molecule has 0 saturated heterocycles. The third kappa shape index (κ3) is 3.45. The Morgan fingerprint density at radius 2 is 2.10 bits per heavy atom.